The minimum Gasteiger partial charge on any atom is -0.494 e. The predicted octanol–water partition coefficient (Wildman–Crippen LogP) is 5.29. The van der Waals surface area contributed by atoms with Gasteiger partial charge in [-0.15, -0.1) is 0 Å². The second-order valence-corrected chi connectivity index (χ2v) is 6.10. The van der Waals surface area contributed by atoms with Crippen LogP contribution in [0.25, 0.3) is 10.9 Å². The molecule has 0 aliphatic heterocycles. The molecule has 4 heteroatoms. The maximum Gasteiger partial charge on any atom is 0.142 e. The number of rotatable bonds is 6. The monoisotopic (exact) mass is 321 g/mol. The third kappa shape index (κ3) is 3.65. The Balaban J connectivity index is 1.91. The molecule has 0 aliphatic carbocycles. The molecule has 3 rings (SSSR count). The van der Waals surface area contributed by atoms with Crippen molar-refractivity contribution in [2.24, 2.45) is 0 Å². The van der Waals surface area contributed by atoms with Gasteiger partial charge >= 0.3 is 0 Å². The number of ether oxygens (including phenoxy) is 1. The number of hydrogen-bond acceptors (Lipinski definition) is 4. The Hall–Kier alpha value is -2.62. The third-order valence-corrected chi connectivity index (χ3v) is 3.73. The summed E-state index contributed by atoms with van der Waals surface area (Å²) in [6, 6.07) is 16.1. The van der Waals surface area contributed by atoms with Crippen LogP contribution in [0.3, 0.4) is 0 Å². The van der Waals surface area contributed by atoms with Crippen molar-refractivity contribution in [1.82, 2.24) is 9.97 Å². The highest BCUT2D eigenvalue weighted by atomic mass is 16.5. The summed E-state index contributed by atoms with van der Waals surface area (Å²) in [7, 11) is 0. The molecule has 0 unspecified atom stereocenters. The van der Waals surface area contributed by atoms with E-state index >= 15 is 0 Å². The van der Waals surface area contributed by atoms with E-state index in [1.54, 1.807) is 0 Å². The molecule has 2 aromatic carbocycles. The largest absolute Gasteiger partial charge is 0.494 e. The fraction of sp³-hybridized carbons (Fsp3) is 0.300. The van der Waals surface area contributed by atoms with E-state index in [1.165, 1.54) is 0 Å². The molecule has 0 radical (unpaired) electrons. The fourth-order valence-electron chi connectivity index (χ4n) is 2.44. The van der Waals surface area contributed by atoms with Gasteiger partial charge < -0.3 is 10.1 Å². The average Bonchev–Trinajstić information content (AvgIpc) is 2.61. The van der Waals surface area contributed by atoms with E-state index in [0.717, 1.165) is 47.0 Å². The van der Waals surface area contributed by atoms with Gasteiger partial charge in [-0.25, -0.2) is 9.97 Å². The van der Waals surface area contributed by atoms with Gasteiger partial charge in [0.15, 0.2) is 0 Å². The Morgan fingerprint density at radius 3 is 2.46 bits per heavy atom. The third-order valence-electron chi connectivity index (χ3n) is 3.73. The molecule has 0 spiro atoms. The molecule has 0 fully saturated rings. The number of nitrogens with zero attached hydrogens (tertiary/aromatic N) is 2. The number of aromatic nitrogens is 2. The molecule has 0 amide bonds. The molecule has 124 valence electrons. The summed E-state index contributed by atoms with van der Waals surface area (Å²) in [6.07, 6.45) is 1.00. The van der Waals surface area contributed by atoms with Crippen molar-refractivity contribution in [1.29, 1.82) is 0 Å². The van der Waals surface area contributed by atoms with Crippen LogP contribution in [0.5, 0.6) is 5.75 Å². The number of nitrogens with one attached hydrogen (secondary N) is 1. The van der Waals surface area contributed by atoms with Crippen molar-refractivity contribution in [2.45, 2.75) is 33.1 Å². The van der Waals surface area contributed by atoms with E-state index in [2.05, 4.69) is 31.1 Å². The van der Waals surface area contributed by atoms with E-state index in [0.29, 0.717) is 0 Å². The zero-order valence-corrected chi connectivity index (χ0v) is 14.4. The van der Waals surface area contributed by atoms with Crippen molar-refractivity contribution in [3.8, 4) is 5.75 Å². The molecular formula is C20H23N3O. The maximum absolute atomic E-state index is 5.63. The van der Waals surface area contributed by atoms with Gasteiger partial charge in [0.25, 0.3) is 0 Å². The van der Waals surface area contributed by atoms with Crippen molar-refractivity contribution in [3.05, 3.63) is 54.4 Å². The Labute approximate surface area is 142 Å². The van der Waals surface area contributed by atoms with Crippen molar-refractivity contribution in [2.75, 3.05) is 11.9 Å². The quantitative estimate of drug-likeness (QED) is 0.670. The lowest BCUT2D eigenvalue weighted by Gasteiger charge is -2.13. The SMILES string of the molecule is CCCOc1ccc(Nc2nc(C(C)C)nc3ccccc23)cc1. The lowest BCUT2D eigenvalue weighted by molar-refractivity contribution is 0.317. The van der Waals surface area contributed by atoms with Gasteiger partial charge in [0, 0.05) is 17.0 Å². The first kappa shape index (κ1) is 16.2. The van der Waals surface area contributed by atoms with E-state index in [4.69, 9.17) is 9.72 Å². The first-order valence-electron chi connectivity index (χ1n) is 8.44. The maximum atomic E-state index is 5.63. The van der Waals surface area contributed by atoms with Crippen LogP contribution in [0, 0.1) is 0 Å². The Morgan fingerprint density at radius 1 is 1.00 bits per heavy atom. The molecule has 0 atom stereocenters. The summed E-state index contributed by atoms with van der Waals surface area (Å²) in [5.41, 5.74) is 1.94. The second-order valence-electron chi connectivity index (χ2n) is 6.10. The van der Waals surface area contributed by atoms with E-state index in [-0.39, 0.29) is 5.92 Å². The molecule has 1 heterocycles. The summed E-state index contributed by atoms with van der Waals surface area (Å²) >= 11 is 0. The van der Waals surface area contributed by atoms with Crippen LogP contribution in [-0.2, 0) is 0 Å². The zero-order valence-electron chi connectivity index (χ0n) is 14.4. The minimum absolute atomic E-state index is 0.278. The van der Waals surface area contributed by atoms with Crippen molar-refractivity contribution < 1.29 is 4.74 Å². The smallest absolute Gasteiger partial charge is 0.142 e. The van der Waals surface area contributed by atoms with Crippen LogP contribution >= 0.6 is 0 Å². The van der Waals surface area contributed by atoms with Crippen LogP contribution in [0.4, 0.5) is 11.5 Å². The number of para-hydroxylation sites is 1. The lowest BCUT2D eigenvalue weighted by Crippen LogP contribution is -2.03. The average molecular weight is 321 g/mol. The Bertz CT molecular complexity index is 813. The number of benzene rings is 2. The van der Waals surface area contributed by atoms with Crippen molar-refractivity contribution >= 4 is 22.4 Å². The van der Waals surface area contributed by atoms with Gasteiger partial charge in [-0.1, -0.05) is 32.9 Å². The van der Waals surface area contributed by atoms with Crippen LogP contribution in [-0.4, -0.2) is 16.6 Å². The van der Waals surface area contributed by atoms with E-state index in [1.807, 2.05) is 48.5 Å². The van der Waals surface area contributed by atoms with Gasteiger partial charge in [-0.3, -0.25) is 0 Å². The minimum atomic E-state index is 0.278. The summed E-state index contributed by atoms with van der Waals surface area (Å²) in [5, 5.41) is 4.44. The summed E-state index contributed by atoms with van der Waals surface area (Å²) in [5.74, 6) is 2.85. The second kappa shape index (κ2) is 7.30. The molecular weight excluding hydrogens is 298 g/mol. The molecule has 0 saturated heterocycles. The topological polar surface area (TPSA) is 47.0 Å². The molecule has 0 aliphatic rings. The highest BCUT2D eigenvalue weighted by Crippen LogP contribution is 2.26. The van der Waals surface area contributed by atoms with Crippen LogP contribution < -0.4 is 10.1 Å². The molecule has 0 saturated carbocycles. The van der Waals surface area contributed by atoms with E-state index < -0.39 is 0 Å². The molecule has 1 N–H and O–H groups in total. The molecule has 0 bridgehead atoms. The molecule has 24 heavy (non-hydrogen) atoms. The van der Waals surface area contributed by atoms with Crippen LogP contribution in [0.15, 0.2) is 48.5 Å². The highest BCUT2D eigenvalue weighted by molar-refractivity contribution is 5.90. The first-order chi connectivity index (χ1) is 11.7. The normalized spacial score (nSPS) is 11.0. The molecule has 1 aromatic heterocycles. The molecule has 4 nitrogen and oxygen atoms in total. The van der Waals surface area contributed by atoms with Crippen molar-refractivity contribution in [3.63, 3.8) is 0 Å². The van der Waals surface area contributed by atoms with Crippen LogP contribution in [0.2, 0.25) is 0 Å². The summed E-state index contributed by atoms with van der Waals surface area (Å²) in [4.78, 5) is 9.37. The van der Waals surface area contributed by atoms with Gasteiger partial charge in [-0.2, -0.15) is 0 Å². The lowest BCUT2D eigenvalue weighted by atomic mass is 10.1. The predicted molar refractivity (Wildman–Crippen MR) is 99.1 cm³/mol. The summed E-state index contributed by atoms with van der Waals surface area (Å²) in [6.45, 7) is 7.05. The summed E-state index contributed by atoms with van der Waals surface area (Å²) < 4.78 is 5.63. The number of anilines is 2. The van der Waals surface area contributed by atoms with Crippen LogP contribution in [0.1, 0.15) is 38.9 Å². The number of hydrogen-bond donors (Lipinski definition) is 1. The van der Waals surface area contributed by atoms with Gasteiger partial charge in [0.1, 0.15) is 17.4 Å². The van der Waals surface area contributed by atoms with E-state index in [9.17, 15) is 0 Å². The Morgan fingerprint density at radius 2 is 1.75 bits per heavy atom. The Kier molecular flexibility index (Phi) is 4.94. The first-order valence-corrected chi connectivity index (χ1v) is 8.44. The zero-order chi connectivity index (χ0) is 16.9. The van der Waals surface area contributed by atoms with Gasteiger partial charge in [-0.05, 0) is 42.8 Å². The fourth-order valence-corrected chi connectivity index (χ4v) is 2.44. The standard InChI is InChI=1S/C20H23N3O/c1-4-13-24-16-11-9-15(10-12-16)21-20-17-7-5-6-8-18(17)22-19(23-20)14(2)3/h5-12,14H,4,13H2,1-3H3,(H,21,22,23). The highest BCUT2D eigenvalue weighted by Gasteiger charge is 2.10. The van der Waals surface area contributed by atoms with Gasteiger partial charge in [0.05, 0.1) is 12.1 Å². The number of fused-ring (bicyclic) bond motifs is 1. The molecule has 3 aromatic rings. The van der Waals surface area contributed by atoms with Gasteiger partial charge in [0.2, 0.25) is 0 Å².